The van der Waals surface area contributed by atoms with Crippen LogP contribution in [0.5, 0.6) is 0 Å². The maximum Gasteiger partial charge on any atom is 0.133 e. The zero-order chi connectivity index (χ0) is 6.62. The summed E-state index contributed by atoms with van der Waals surface area (Å²) in [6.07, 6.45) is 0.866. The van der Waals surface area contributed by atoms with E-state index in [0.29, 0.717) is 6.54 Å². The van der Waals surface area contributed by atoms with Crippen LogP contribution in [0.3, 0.4) is 0 Å². The Labute approximate surface area is 50.3 Å². The van der Waals surface area contributed by atoms with E-state index in [9.17, 15) is 4.79 Å². The summed E-state index contributed by atoms with van der Waals surface area (Å²) in [5, 5.41) is 3.00. The van der Waals surface area contributed by atoms with Gasteiger partial charge in [-0.15, -0.1) is 0 Å². The number of nitrogens with one attached hydrogen (secondary N) is 1. The van der Waals surface area contributed by atoms with Gasteiger partial charge in [0.2, 0.25) is 0 Å². The van der Waals surface area contributed by atoms with Crippen molar-refractivity contribution >= 4 is 6.29 Å². The molecule has 0 atom stereocenters. The molecule has 0 spiro atoms. The summed E-state index contributed by atoms with van der Waals surface area (Å²) in [5.41, 5.74) is 0.0703. The van der Waals surface area contributed by atoms with Crippen LogP contribution >= 0.6 is 0 Å². The molecule has 0 unspecified atom stereocenters. The summed E-state index contributed by atoms with van der Waals surface area (Å²) in [4.78, 5) is 9.79. The lowest BCUT2D eigenvalue weighted by atomic mass is 10.1. The van der Waals surface area contributed by atoms with E-state index in [1.807, 2.05) is 20.8 Å². The molecule has 0 rings (SSSR count). The van der Waals surface area contributed by atoms with Crippen molar-refractivity contribution in [3.8, 4) is 0 Å². The molecule has 48 valence electrons. The third-order valence-corrected chi connectivity index (χ3v) is 0.716. The summed E-state index contributed by atoms with van der Waals surface area (Å²) in [6.45, 7) is 6.52. The summed E-state index contributed by atoms with van der Waals surface area (Å²) in [7, 11) is 0. The summed E-state index contributed by atoms with van der Waals surface area (Å²) < 4.78 is 0. The van der Waals surface area contributed by atoms with E-state index in [1.54, 1.807) is 0 Å². The van der Waals surface area contributed by atoms with Crippen molar-refractivity contribution in [2.75, 3.05) is 6.54 Å². The fraction of sp³-hybridized carbons (Fsp3) is 0.833. The lowest BCUT2D eigenvalue weighted by molar-refractivity contribution is -0.107. The molecule has 0 amide bonds. The van der Waals surface area contributed by atoms with Crippen LogP contribution in [-0.2, 0) is 4.79 Å². The Morgan fingerprint density at radius 3 is 2.12 bits per heavy atom. The third-order valence-electron chi connectivity index (χ3n) is 0.716. The van der Waals surface area contributed by atoms with Gasteiger partial charge in [0.25, 0.3) is 0 Å². The zero-order valence-electron chi connectivity index (χ0n) is 5.69. The summed E-state index contributed by atoms with van der Waals surface area (Å²) in [5.74, 6) is 0. The maximum absolute atomic E-state index is 9.79. The van der Waals surface area contributed by atoms with Crippen LogP contribution in [0.1, 0.15) is 20.8 Å². The highest BCUT2D eigenvalue weighted by atomic mass is 16.1. The quantitative estimate of drug-likeness (QED) is 0.533. The van der Waals surface area contributed by atoms with Gasteiger partial charge in [-0.3, -0.25) is 0 Å². The van der Waals surface area contributed by atoms with Crippen molar-refractivity contribution in [2.24, 2.45) is 0 Å². The van der Waals surface area contributed by atoms with Crippen molar-refractivity contribution in [2.45, 2.75) is 26.3 Å². The molecule has 0 bridgehead atoms. The van der Waals surface area contributed by atoms with E-state index >= 15 is 0 Å². The highest BCUT2D eigenvalue weighted by Crippen LogP contribution is 1.95. The van der Waals surface area contributed by atoms with Gasteiger partial charge in [0.1, 0.15) is 6.29 Å². The molecule has 0 aromatic rings. The second-order valence-corrected chi connectivity index (χ2v) is 2.80. The highest BCUT2D eigenvalue weighted by molar-refractivity contribution is 5.51. The van der Waals surface area contributed by atoms with Gasteiger partial charge in [-0.25, -0.2) is 0 Å². The number of carbonyl (C=O) groups excluding carboxylic acids is 1. The largest absolute Gasteiger partial charge is 0.306 e. The van der Waals surface area contributed by atoms with Crippen molar-refractivity contribution < 1.29 is 4.79 Å². The molecule has 0 aliphatic carbocycles. The maximum atomic E-state index is 9.79. The van der Waals surface area contributed by atoms with E-state index in [-0.39, 0.29) is 5.54 Å². The number of hydrogen-bond donors (Lipinski definition) is 1. The number of hydrogen-bond acceptors (Lipinski definition) is 2. The Morgan fingerprint density at radius 2 is 2.00 bits per heavy atom. The van der Waals surface area contributed by atoms with Crippen LogP contribution in [0.15, 0.2) is 0 Å². The first-order chi connectivity index (χ1) is 3.56. The van der Waals surface area contributed by atoms with Gasteiger partial charge in [-0.1, -0.05) is 0 Å². The molecule has 0 aromatic heterocycles. The standard InChI is InChI=1S/C6H13NO/c1-6(2,3)7-4-5-8/h5,7H,4H2,1-3H3. The smallest absolute Gasteiger partial charge is 0.133 e. The first-order valence-corrected chi connectivity index (χ1v) is 2.75. The van der Waals surface area contributed by atoms with Crippen LogP contribution in [0.2, 0.25) is 0 Å². The van der Waals surface area contributed by atoms with E-state index in [2.05, 4.69) is 5.32 Å². The molecule has 0 aliphatic heterocycles. The van der Waals surface area contributed by atoms with E-state index in [4.69, 9.17) is 0 Å². The molecule has 1 N–H and O–H groups in total. The first kappa shape index (κ1) is 7.63. The molecular formula is C6H13NO. The molecular weight excluding hydrogens is 102 g/mol. The molecule has 0 fully saturated rings. The lowest BCUT2D eigenvalue weighted by Crippen LogP contribution is -2.36. The minimum atomic E-state index is 0.0703. The lowest BCUT2D eigenvalue weighted by Gasteiger charge is -2.17. The van der Waals surface area contributed by atoms with Crippen molar-refractivity contribution in [1.29, 1.82) is 0 Å². The average Bonchev–Trinajstić information content (AvgIpc) is 1.59. The average molecular weight is 115 g/mol. The molecule has 0 aliphatic rings. The van der Waals surface area contributed by atoms with Crippen molar-refractivity contribution in [3.63, 3.8) is 0 Å². The van der Waals surface area contributed by atoms with Gasteiger partial charge in [0.15, 0.2) is 0 Å². The van der Waals surface area contributed by atoms with Gasteiger partial charge < -0.3 is 10.1 Å². The van der Waals surface area contributed by atoms with E-state index < -0.39 is 0 Å². The molecule has 0 aromatic carbocycles. The highest BCUT2D eigenvalue weighted by Gasteiger charge is 2.05. The second-order valence-electron chi connectivity index (χ2n) is 2.80. The van der Waals surface area contributed by atoms with Gasteiger partial charge in [-0.2, -0.15) is 0 Å². The van der Waals surface area contributed by atoms with Crippen LogP contribution in [0, 0.1) is 0 Å². The molecule has 2 heteroatoms. The van der Waals surface area contributed by atoms with Crippen LogP contribution in [0.4, 0.5) is 0 Å². The van der Waals surface area contributed by atoms with Crippen LogP contribution < -0.4 is 5.32 Å². The Hall–Kier alpha value is -0.370. The number of rotatable bonds is 2. The Balaban J connectivity index is 3.24. The molecule has 0 saturated carbocycles. The minimum absolute atomic E-state index is 0.0703. The number of carbonyl (C=O) groups is 1. The fourth-order valence-electron chi connectivity index (χ4n) is 0.348. The third kappa shape index (κ3) is 5.63. The Morgan fingerprint density at radius 1 is 1.50 bits per heavy atom. The summed E-state index contributed by atoms with van der Waals surface area (Å²) >= 11 is 0. The van der Waals surface area contributed by atoms with Gasteiger partial charge >= 0.3 is 0 Å². The second kappa shape index (κ2) is 2.82. The minimum Gasteiger partial charge on any atom is -0.306 e. The Kier molecular flexibility index (Phi) is 2.69. The topological polar surface area (TPSA) is 29.1 Å². The van der Waals surface area contributed by atoms with E-state index in [1.165, 1.54) is 0 Å². The summed E-state index contributed by atoms with van der Waals surface area (Å²) in [6, 6.07) is 0. The zero-order valence-corrected chi connectivity index (χ0v) is 5.69. The van der Waals surface area contributed by atoms with Gasteiger partial charge in [0, 0.05) is 5.54 Å². The first-order valence-electron chi connectivity index (χ1n) is 2.75. The van der Waals surface area contributed by atoms with Crippen molar-refractivity contribution in [1.82, 2.24) is 5.32 Å². The predicted octanol–water partition coefficient (Wildman–Crippen LogP) is 0.573. The van der Waals surface area contributed by atoms with Gasteiger partial charge in [0.05, 0.1) is 6.54 Å². The Bertz CT molecular complexity index is 73.1. The predicted molar refractivity (Wildman–Crippen MR) is 33.8 cm³/mol. The van der Waals surface area contributed by atoms with E-state index in [0.717, 1.165) is 6.29 Å². The SMILES string of the molecule is CC(C)(C)NCC=O. The van der Waals surface area contributed by atoms with Crippen molar-refractivity contribution in [3.05, 3.63) is 0 Å². The van der Waals surface area contributed by atoms with Crippen LogP contribution in [-0.4, -0.2) is 18.4 Å². The normalized spacial score (nSPS) is 11.4. The fourth-order valence-corrected chi connectivity index (χ4v) is 0.348. The molecule has 0 radical (unpaired) electrons. The number of aldehydes is 1. The molecule has 0 saturated heterocycles. The monoisotopic (exact) mass is 115 g/mol. The molecule has 0 heterocycles. The van der Waals surface area contributed by atoms with Crippen LogP contribution in [0.25, 0.3) is 0 Å². The van der Waals surface area contributed by atoms with Gasteiger partial charge in [-0.05, 0) is 20.8 Å². The molecule has 2 nitrogen and oxygen atoms in total. The molecule has 8 heavy (non-hydrogen) atoms.